The minimum atomic E-state index is 0.0602. The van der Waals surface area contributed by atoms with Crippen molar-refractivity contribution in [2.24, 2.45) is 11.8 Å². The summed E-state index contributed by atoms with van der Waals surface area (Å²) in [7, 11) is 0. The van der Waals surface area contributed by atoms with E-state index in [4.69, 9.17) is 0 Å². The average molecular weight is 321 g/mol. The maximum Gasteiger partial charge on any atom is 0.230 e. The zero-order valence-corrected chi connectivity index (χ0v) is 13.4. The van der Waals surface area contributed by atoms with E-state index in [1.807, 2.05) is 29.2 Å². The number of amides is 2. The van der Waals surface area contributed by atoms with E-state index in [2.05, 4.69) is 10.3 Å². The zero-order chi connectivity index (χ0) is 16.3. The third kappa shape index (κ3) is 2.19. The molecule has 5 heteroatoms. The molecule has 2 heterocycles. The van der Waals surface area contributed by atoms with Crippen molar-refractivity contribution in [2.75, 3.05) is 10.2 Å². The minimum Gasteiger partial charge on any atom is -0.310 e. The summed E-state index contributed by atoms with van der Waals surface area (Å²) in [5.41, 5.74) is 0.963. The van der Waals surface area contributed by atoms with E-state index in [1.54, 1.807) is 6.20 Å². The monoisotopic (exact) mass is 321 g/mol. The van der Waals surface area contributed by atoms with Gasteiger partial charge in [-0.2, -0.15) is 0 Å². The van der Waals surface area contributed by atoms with Gasteiger partial charge in [-0.3, -0.25) is 9.59 Å². The molecule has 1 aromatic carbocycles. The van der Waals surface area contributed by atoms with Gasteiger partial charge in [0.2, 0.25) is 11.8 Å². The molecule has 5 nitrogen and oxygen atoms in total. The predicted molar refractivity (Wildman–Crippen MR) is 91.7 cm³/mol. The van der Waals surface area contributed by atoms with E-state index >= 15 is 0 Å². The third-order valence-corrected chi connectivity index (χ3v) is 5.54. The Kier molecular flexibility index (Phi) is 2.93. The van der Waals surface area contributed by atoms with Crippen molar-refractivity contribution in [1.29, 1.82) is 0 Å². The Balaban J connectivity index is 1.47. The number of hydrogen-bond donors (Lipinski definition) is 1. The van der Waals surface area contributed by atoms with Crippen LogP contribution in [0.3, 0.4) is 0 Å². The van der Waals surface area contributed by atoms with Gasteiger partial charge in [-0.25, -0.2) is 4.98 Å². The number of nitrogens with one attached hydrogen (secondary N) is 1. The van der Waals surface area contributed by atoms with Gasteiger partial charge in [0.1, 0.15) is 5.82 Å². The lowest BCUT2D eigenvalue weighted by Gasteiger charge is -2.27. The molecule has 2 amide bonds. The van der Waals surface area contributed by atoms with E-state index in [-0.39, 0.29) is 23.7 Å². The van der Waals surface area contributed by atoms with Crippen molar-refractivity contribution in [2.45, 2.75) is 38.1 Å². The normalized spacial score (nSPS) is 25.5. The van der Waals surface area contributed by atoms with Crippen LogP contribution >= 0.6 is 0 Å². The first kappa shape index (κ1) is 14.0. The molecular formula is C19H19N3O2. The van der Waals surface area contributed by atoms with E-state index < -0.39 is 0 Å². The SMILES string of the molecule is O=C(Nc1cc2cc(N3C(=O)[C@H]4CC[C@@H]3C4)ccc2cn1)C1CC1. The quantitative estimate of drug-likeness (QED) is 0.945. The van der Waals surface area contributed by atoms with E-state index in [1.165, 1.54) is 0 Å². The fraction of sp³-hybridized carbons (Fsp3) is 0.421. The highest BCUT2D eigenvalue weighted by molar-refractivity contribution is 6.01. The smallest absolute Gasteiger partial charge is 0.230 e. The van der Waals surface area contributed by atoms with Crippen LogP contribution in [0.25, 0.3) is 10.8 Å². The number of benzene rings is 1. The molecule has 0 spiro atoms. The summed E-state index contributed by atoms with van der Waals surface area (Å²) in [6.45, 7) is 0. The van der Waals surface area contributed by atoms with Gasteiger partial charge in [0.05, 0.1) is 0 Å². The highest BCUT2D eigenvalue weighted by atomic mass is 16.2. The molecule has 2 atom stereocenters. The Labute approximate surface area is 140 Å². The van der Waals surface area contributed by atoms with Gasteiger partial charge < -0.3 is 10.2 Å². The number of carbonyl (C=O) groups is 2. The van der Waals surface area contributed by atoms with Crippen LogP contribution in [0.1, 0.15) is 32.1 Å². The molecule has 1 saturated heterocycles. The predicted octanol–water partition coefficient (Wildman–Crippen LogP) is 3.10. The second-order valence-corrected chi connectivity index (χ2v) is 7.24. The molecular weight excluding hydrogens is 302 g/mol. The fourth-order valence-electron chi connectivity index (χ4n) is 4.05. The lowest BCUT2D eigenvalue weighted by atomic mass is 10.1. The molecule has 5 rings (SSSR count). The number of piperidine rings is 1. The van der Waals surface area contributed by atoms with E-state index in [9.17, 15) is 9.59 Å². The van der Waals surface area contributed by atoms with Crippen molar-refractivity contribution in [3.63, 3.8) is 0 Å². The van der Waals surface area contributed by atoms with Crippen molar-refractivity contribution >= 4 is 34.1 Å². The number of aromatic nitrogens is 1. The molecule has 1 aliphatic heterocycles. The van der Waals surface area contributed by atoms with Gasteiger partial charge in [-0.15, -0.1) is 0 Å². The summed E-state index contributed by atoms with van der Waals surface area (Å²) in [6, 6.07) is 8.31. The van der Waals surface area contributed by atoms with E-state index in [0.29, 0.717) is 11.9 Å². The molecule has 122 valence electrons. The Morgan fingerprint density at radius 3 is 2.75 bits per heavy atom. The summed E-state index contributed by atoms with van der Waals surface area (Å²) in [5.74, 6) is 1.29. The second-order valence-electron chi connectivity index (χ2n) is 7.24. The lowest BCUT2D eigenvalue weighted by Crippen LogP contribution is -2.36. The van der Waals surface area contributed by atoms with Crippen LogP contribution in [0.5, 0.6) is 0 Å². The van der Waals surface area contributed by atoms with Crippen LogP contribution < -0.4 is 10.2 Å². The topological polar surface area (TPSA) is 62.3 Å². The minimum absolute atomic E-state index is 0.0602. The van der Waals surface area contributed by atoms with Crippen LogP contribution in [0, 0.1) is 11.8 Å². The number of anilines is 2. The maximum absolute atomic E-state index is 12.5. The molecule has 2 aromatic rings. The fourth-order valence-corrected chi connectivity index (χ4v) is 4.05. The van der Waals surface area contributed by atoms with Gasteiger partial charge in [-0.1, -0.05) is 6.07 Å². The van der Waals surface area contributed by atoms with Gasteiger partial charge in [0, 0.05) is 35.1 Å². The zero-order valence-electron chi connectivity index (χ0n) is 13.4. The van der Waals surface area contributed by atoms with Crippen LogP contribution in [-0.2, 0) is 9.59 Å². The largest absolute Gasteiger partial charge is 0.310 e. The molecule has 1 N–H and O–H groups in total. The van der Waals surface area contributed by atoms with Crippen molar-refractivity contribution in [3.05, 3.63) is 30.5 Å². The summed E-state index contributed by atoms with van der Waals surface area (Å²) >= 11 is 0. The molecule has 2 saturated carbocycles. The van der Waals surface area contributed by atoms with Gasteiger partial charge in [0.15, 0.2) is 0 Å². The molecule has 2 bridgehead atoms. The molecule has 0 radical (unpaired) electrons. The van der Waals surface area contributed by atoms with Gasteiger partial charge >= 0.3 is 0 Å². The molecule has 3 fully saturated rings. The van der Waals surface area contributed by atoms with Gasteiger partial charge in [-0.05, 0) is 55.7 Å². The van der Waals surface area contributed by atoms with Crippen LogP contribution in [0.4, 0.5) is 11.5 Å². The van der Waals surface area contributed by atoms with Crippen LogP contribution in [-0.4, -0.2) is 22.8 Å². The Hall–Kier alpha value is -2.43. The van der Waals surface area contributed by atoms with Crippen molar-refractivity contribution in [3.8, 4) is 0 Å². The number of hydrogen-bond acceptors (Lipinski definition) is 3. The third-order valence-electron chi connectivity index (χ3n) is 5.54. The second kappa shape index (κ2) is 5.03. The Morgan fingerprint density at radius 2 is 2.00 bits per heavy atom. The first-order valence-corrected chi connectivity index (χ1v) is 8.73. The molecule has 2 aliphatic carbocycles. The summed E-state index contributed by atoms with van der Waals surface area (Å²) in [4.78, 5) is 30.7. The highest BCUT2D eigenvalue weighted by Gasteiger charge is 2.45. The maximum atomic E-state index is 12.5. The number of nitrogens with zero attached hydrogens (tertiary/aromatic N) is 2. The average Bonchev–Trinajstić information content (AvgIpc) is 3.26. The van der Waals surface area contributed by atoms with Gasteiger partial charge in [0.25, 0.3) is 0 Å². The van der Waals surface area contributed by atoms with Crippen molar-refractivity contribution < 1.29 is 9.59 Å². The number of rotatable bonds is 3. The van der Waals surface area contributed by atoms with E-state index in [0.717, 1.165) is 48.6 Å². The Morgan fingerprint density at radius 1 is 1.12 bits per heavy atom. The highest BCUT2D eigenvalue weighted by Crippen LogP contribution is 2.41. The standard InChI is InChI=1S/C19H19N3O2/c23-18(11-1-2-11)21-17-9-14-8-16(6-4-13(14)10-20-17)22-15-5-3-12(7-15)19(22)24/h4,6,8-12,15H,1-3,5,7H2,(H,20,21,23)/t12-,15+/m0/s1. The summed E-state index contributed by atoms with van der Waals surface area (Å²) in [6.07, 6.45) is 6.87. The molecule has 3 aliphatic rings. The first-order chi connectivity index (χ1) is 11.7. The van der Waals surface area contributed by atoms with Crippen LogP contribution in [0.2, 0.25) is 0 Å². The van der Waals surface area contributed by atoms with Crippen LogP contribution in [0.15, 0.2) is 30.5 Å². The number of pyridine rings is 1. The van der Waals surface area contributed by atoms with Crippen molar-refractivity contribution in [1.82, 2.24) is 4.98 Å². The summed E-state index contributed by atoms with van der Waals surface area (Å²) < 4.78 is 0. The Bertz CT molecular complexity index is 859. The summed E-state index contributed by atoms with van der Waals surface area (Å²) in [5, 5.41) is 4.91. The molecule has 0 unspecified atom stereocenters. The lowest BCUT2D eigenvalue weighted by molar-refractivity contribution is -0.121. The first-order valence-electron chi connectivity index (χ1n) is 8.73. The number of carbonyl (C=O) groups excluding carboxylic acids is 2. The molecule has 24 heavy (non-hydrogen) atoms. The molecule has 1 aromatic heterocycles. The number of fused-ring (bicyclic) bond motifs is 3.